The Bertz CT molecular complexity index is 153. The van der Waals surface area contributed by atoms with Crippen molar-refractivity contribution in [3.63, 3.8) is 0 Å². The van der Waals surface area contributed by atoms with Gasteiger partial charge in [0.15, 0.2) is 0 Å². The van der Waals surface area contributed by atoms with Gasteiger partial charge in [-0.05, 0) is 6.92 Å². The molecular formula is C9H18NO5. The molecule has 0 bridgehead atoms. The predicted molar refractivity (Wildman–Crippen MR) is 53.2 cm³/mol. The molecule has 0 unspecified atom stereocenters. The number of carbonyl (C=O) groups is 1. The largest absolute Gasteiger partial charge is 0.447 e. The third-order valence-electron chi connectivity index (χ3n) is 1.35. The number of alkyl carbamates (subject to hydrolysis) is 1. The van der Waals surface area contributed by atoms with E-state index in [9.17, 15) is 4.79 Å². The first-order valence-electron chi connectivity index (χ1n) is 4.80. The van der Waals surface area contributed by atoms with Crippen molar-refractivity contribution in [3.05, 3.63) is 6.61 Å². The van der Waals surface area contributed by atoms with Gasteiger partial charge in [-0.3, -0.25) is 0 Å². The molecule has 0 aromatic rings. The Labute approximate surface area is 89.5 Å². The van der Waals surface area contributed by atoms with Crippen molar-refractivity contribution in [2.75, 3.05) is 39.6 Å². The molecule has 0 aliphatic carbocycles. The molecule has 0 aromatic heterocycles. The van der Waals surface area contributed by atoms with Gasteiger partial charge in [-0.15, -0.1) is 0 Å². The lowest BCUT2D eigenvalue weighted by Gasteiger charge is -2.06. The fraction of sp³-hybridized carbons (Fsp3) is 0.778. The molecule has 0 heterocycles. The van der Waals surface area contributed by atoms with Crippen molar-refractivity contribution in [3.8, 4) is 0 Å². The maximum Gasteiger partial charge on any atom is 0.407 e. The summed E-state index contributed by atoms with van der Waals surface area (Å²) in [4.78, 5) is 10.9. The Morgan fingerprint density at radius 1 is 1.33 bits per heavy atom. The van der Waals surface area contributed by atoms with Crippen LogP contribution in [0.4, 0.5) is 4.79 Å². The molecule has 0 atom stereocenters. The molecule has 0 aliphatic heterocycles. The fourth-order valence-electron chi connectivity index (χ4n) is 0.743. The van der Waals surface area contributed by atoms with Gasteiger partial charge in [-0.1, -0.05) is 0 Å². The van der Waals surface area contributed by atoms with Crippen LogP contribution >= 0.6 is 0 Å². The molecule has 6 nitrogen and oxygen atoms in total. The van der Waals surface area contributed by atoms with Crippen molar-refractivity contribution in [2.24, 2.45) is 0 Å². The normalized spacial score (nSPS) is 10.0. The summed E-state index contributed by atoms with van der Waals surface area (Å²) in [5.74, 6) is 0. The average Bonchev–Trinajstić information content (AvgIpc) is 2.24. The zero-order valence-electron chi connectivity index (χ0n) is 8.90. The second-order valence-electron chi connectivity index (χ2n) is 2.51. The quantitative estimate of drug-likeness (QED) is 0.531. The second-order valence-corrected chi connectivity index (χ2v) is 2.51. The number of amides is 1. The summed E-state index contributed by atoms with van der Waals surface area (Å²) in [6, 6.07) is 0. The van der Waals surface area contributed by atoms with Gasteiger partial charge in [-0.2, -0.15) is 0 Å². The van der Waals surface area contributed by atoms with E-state index in [2.05, 4.69) is 5.32 Å². The van der Waals surface area contributed by atoms with Crippen LogP contribution in [0.5, 0.6) is 0 Å². The Morgan fingerprint density at radius 2 is 2.13 bits per heavy atom. The van der Waals surface area contributed by atoms with Crippen LogP contribution in [0.3, 0.4) is 0 Å². The summed E-state index contributed by atoms with van der Waals surface area (Å²) in [5, 5.41) is 10.9. The predicted octanol–water partition coefficient (Wildman–Crippen LogP) is -0.0802. The molecule has 0 saturated carbocycles. The first-order chi connectivity index (χ1) is 7.31. The molecule has 6 heteroatoms. The van der Waals surface area contributed by atoms with E-state index < -0.39 is 6.09 Å². The van der Waals surface area contributed by atoms with Crippen LogP contribution in [-0.4, -0.2) is 50.8 Å². The van der Waals surface area contributed by atoms with Crippen LogP contribution < -0.4 is 5.32 Å². The van der Waals surface area contributed by atoms with Crippen LogP contribution in [0.1, 0.15) is 6.92 Å². The van der Waals surface area contributed by atoms with Gasteiger partial charge in [0.1, 0.15) is 6.61 Å². The summed E-state index contributed by atoms with van der Waals surface area (Å²) < 4.78 is 14.5. The van der Waals surface area contributed by atoms with Gasteiger partial charge in [-0.25, -0.2) is 4.79 Å². The van der Waals surface area contributed by atoms with Gasteiger partial charge in [0.2, 0.25) is 0 Å². The number of aliphatic hydroxyl groups excluding tert-OH is 1. The number of rotatable bonds is 9. The molecule has 0 aromatic carbocycles. The maximum atomic E-state index is 10.9. The highest BCUT2D eigenvalue weighted by Crippen LogP contribution is 1.82. The zero-order valence-corrected chi connectivity index (χ0v) is 8.90. The highest BCUT2D eigenvalue weighted by Gasteiger charge is 1.99. The van der Waals surface area contributed by atoms with Crippen LogP contribution in [0.15, 0.2) is 0 Å². The lowest BCUT2D eigenvalue weighted by molar-refractivity contribution is 0.0843. The number of aliphatic hydroxyl groups is 1. The summed E-state index contributed by atoms with van der Waals surface area (Å²) in [5.41, 5.74) is 0. The fourth-order valence-corrected chi connectivity index (χ4v) is 0.743. The molecule has 0 rings (SSSR count). The van der Waals surface area contributed by atoms with E-state index in [4.69, 9.17) is 19.3 Å². The highest BCUT2D eigenvalue weighted by atomic mass is 16.6. The van der Waals surface area contributed by atoms with E-state index >= 15 is 0 Å². The van der Waals surface area contributed by atoms with Crippen molar-refractivity contribution >= 4 is 6.09 Å². The van der Waals surface area contributed by atoms with E-state index in [-0.39, 0.29) is 19.8 Å². The molecule has 1 radical (unpaired) electrons. The van der Waals surface area contributed by atoms with Gasteiger partial charge < -0.3 is 24.6 Å². The molecule has 89 valence electrons. The minimum atomic E-state index is -0.498. The lowest BCUT2D eigenvalue weighted by atomic mass is 10.6. The number of ether oxygens (including phenoxy) is 3. The molecule has 0 spiro atoms. The van der Waals surface area contributed by atoms with Gasteiger partial charge in [0, 0.05) is 6.54 Å². The Kier molecular flexibility index (Phi) is 10.6. The summed E-state index contributed by atoms with van der Waals surface area (Å²) in [7, 11) is 0. The third-order valence-corrected chi connectivity index (χ3v) is 1.35. The van der Waals surface area contributed by atoms with Gasteiger partial charge in [0.25, 0.3) is 0 Å². The van der Waals surface area contributed by atoms with Crippen LogP contribution in [-0.2, 0) is 14.2 Å². The van der Waals surface area contributed by atoms with Gasteiger partial charge >= 0.3 is 6.09 Å². The molecule has 1 amide bonds. The standard InChI is InChI=1S/C9H18NO5/c1-2-13-7-8-15-9(12)10-3-5-14-6-4-11/h2,11H,3-8H2,1H3,(H,10,12). The topological polar surface area (TPSA) is 77.0 Å². The SMILES string of the molecule is C[CH]OCCOC(=O)NCCOCCO. The van der Waals surface area contributed by atoms with Gasteiger partial charge in [0.05, 0.1) is 33.0 Å². The monoisotopic (exact) mass is 220 g/mol. The van der Waals surface area contributed by atoms with Crippen molar-refractivity contribution in [2.45, 2.75) is 6.92 Å². The summed E-state index contributed by atoms with van der Waals surface area (Å²) >= 11 is 0. The number of hydrogen-bond acceptors (Lipinski definition) is 5. The van der Waals surface area contributed by atoms with E-state index in [1.54, 1.807) is 6.92 Å². The zero-order chi connectivity index (χ0) is 11.4. The Balaban J connectivity index is 3.11. The smallest absolute Gasteiger partial charge is 0.407 e. The second kappa shape index (κ2) is 11.2. The van der Waals surface area contributed by atoms with Crippen molar-refractivity contribution in [1.29, 1.82) is 0 Å². The van der Waals surface area contributed by atoms with E-state index in [1.807, 2.05) is 0 Å². The molecule has 0 fully saturated rings. The van der Waals surface area contributed by atoms with Crippen LogP contribution in [0.2, 0.25) is 0 Å². The van der Waals surface area contributed by atoms with Crippen LogP contribution in [0.25, 0.3) is 0 Å². The summed E-state index contributed by atoms with van der Waals surface area (Å²) in [6.07, 6.45) is -0.498. The lowest BCUT2D eigenvalue weighted by Crippen LogP contribution is -2.29. The Hall–Kier alpha value is -0.850. The maximum absolute atomic E-state index is 10.9. The van der Waals surface area contributed by atoms with E-state index in [0.29, 0.717) is 19.8 Å². The molecule has 15 heavy (non-hydrogen) atoms. The minimum absolute atomic E-state index is 0.0185. The number of hydrogen-bond donors (Lipinski definition) is 2. The third kappa shape index (κ3) is 11.1. The first kappa shape index (κ1) is 14.2. The van der Waals surface area contributed by atoms with Crippen molar-refractivity contribution < 1.29 is 24.1 Å². The minimum Gasteiger partial charge on any atom is -0.447 e. The highest BCUT2D eigenvalue weighted by molar-refractivity contribution is 5.66. The van der Waals surface area contributed by atoms with Crippen LogP contribution in [0, 0.1) is 6.61 Å². The number of carbonyl (C=O) groups excluding carboxylic acids is 1. The first-order valence-corrected chi connectivity index (χ1v) is 4.80. The molecule has 0 aliphatic rings. The molecule has 0 saturated heterocycles. The Morgan fingerprint density at radius 3 is 2.80 bits per heavy atom. The van der Waals surface area contributed by atoms with E-state index in [1.165, 1.54) is 6.61 Å². The molecule has 2 N–H and O–H groups in total. The van der Waals surface area contributed by atoms with E-state index in [0.717, 1.165) is 0 Å². The number of nitrogens with one attached hydrogen (secondary N) is 1. The average molecular weight is 220 g/mol. The molecular weight excluding hydrogens is 202 g/mol. The summed E-state index contributed by atoms with van der Waals surface area (Å²) in [6.45, 7) is 4.82. The van der Waals surface area contributed by atoms with Crippen molar-refractivity contribution in [1.82, 2.24) is 5.32 Å².